The van der Waals surface area contributed by atoms with Crippen LogP contribution in [-0.4, -0.2) is 25.0 Å². The lowest BCUT2D eigenvalue weighted by atomic mass is 10.1. The number of benzene rings is 2. The summed E-state index contributed by atoms with van der Waals surface area (Å²) in [5.41, 5.74) is 3.95. The highest BCUT2D eigenvalue weighted by molar-refractivity contribution is 6.31. The molecule has 6 heteroatoms. The highest BCUT2D eigenvalue weighted by Gasteiger charge is 2.34. The molecule has 26 heavy (non-hydrogen) atoms. The van der Waals surface area contributed by atoms with E-state index in [4.69, 9.17) is 9.47 Å². The predicted molar refractivity (Wildman–Crippen MR) is 98.8 cm³/mol. The summed E-state index contributed by atoms with van der Waals surface area (Å²) < 4.78 is 11.1. The van der Waals surface area contributed by atoms with Gasteiger partial charge in [-0.05, 0) is 49.8 Å². The summed E-state index contributed by atoms with van der Waals surface area (Å²) in [7, 11) is 0. The van der Waals surface area contributed by atoms with Crippen LogP contribution in [0.5, 0.6) is 11.5 Å². The lowest BCUT2D eigenvalue weighted by Crippen LogP contribution is -2.35. The molecule has 3 rings (SSSR count). The molecule has 6 nitrogen and oxygen atoms in total. The first kappa shape index (κ1) is 17.5. The van der Waals surface area contributed by atoms with Gasteiger partial charge in [0, 0.05) is 0 Å². The fraction of sp³-hybridized carbons (Fsp3) is 0.200. The smallest absolute Gasteiger partial charge is 0.282 e. The minimum absolute atomic E-state index is 0.0699. The maximum atomic E-state index is 12.6. The summed E-state index contributed by atoms with van der Waals surface area (Å²) in [6, 6.07) is 14.3. The van der Waals surface area contributed by atoms with Gasteiger partial charge in [0.25, 0.3) is 11.8 Å². The Kier molecular flexibility index (Phi) is 5.22. The van der Waals surface area contributed by atoms with Crippen molar-refractivity contribution in [2.45, 2.75) is 13.8 Å². The molecule has 1 N–H and O–H groups in total. The van der Waals surface area contributed by atoms with Crippen LogP contribution in [0, 0.1) is 0 Å². The van der Waals surface area contributed by atoms with Crippen LogP contribution in [0.2, 0.25) is 0 Å². The van der Waals surface area contributed by atoms with Crippen LogP contribution in [0.1, 0.15) is 19.4 Å². The normalized spacial score (nSPS) is 15.3. The van der Waals surface area contributed by atoms with Gasteiger partial charge in [0.2, 0.25) is 0 Å². The van der Waals surface area contributed by atoms with Gasteiger partial charge in [0.1, 0.15) is 5.57 Å². The van der Waals surface area contributed by atoms with E-state index in [1.807, 2.05) is 19.9 Å². The van der Waals surface area contributed by atoms with Gasteiger partial charge in [-0.25, -0.2) is 5.01 Å². The van der Waals surface area contributed by atoms with Crippen LogP contribution in [0.3, 0.4) is 0 Å². The molecule has 0 aliphatic carbocycles. The Morgan fingerprint density at radius 1 is 0.962 bits per heavy atom. The third-order valence-electron chi connectivity index (χ3n) is 3.78. The van der Waals surface area contributed by atoms with Crippen molar-refractivity contribution in [2.75, 3.05) is 18.2 Å². The molecule has 1 saturated heterocycles. The second kappa shape index (κ2) is 7.74. The van der Waals surface area contributed by atoms with Crippen LogP contribution in [-0.2, 0) is 9.59 Å². The number of nitrogens with zero attached hydrogens (tertiary/aromatic N) is 1. The number of hydrogen-bond donors (Lipinski definition) is 1. The Morgan fingerprint density at radius 2 is 1.65 bits per heavy atom. The molecule has 0 bridgehead atoms. The van der Waals surface area contributed by atoms with E-state index in [1.165, 1.54) is 5.01 Å². The van der Waals surface area contributed by atoms with Crippen molar-refractivity contribution in [3.8, 4) is 11.5 Å². The van der Waals surface area contributed by atoms with Crippen LogP contribution in [0.4, 0.5) is 5.69 Å². The zero-order valence-corrected chi connectivity index (χ0v) is 14.7. The third-order valence-corrected chi connectivity index (χ3v) is 3.78. The number of ether oxygens (including phenoxy) is 2. The van der Waals surface area contributed by atoms with E-state index in [9.17, 15) is 9.59 Å². The maximum Gasteiger partial charge on any atom is 0.282 e. The number of rotatable bonds is 6. The van der Waals surface area contributed by atoms with Gasteiger partial charge in [-0.3, -0.25) is 15.0 Å². The molecule has 1 aliphatic rings. The van der Waals surface area contributed by atoms with E-state index in [-0.39, 0.29) is 5.57 Å². The topological polar surface area (TPSA) is 67.9 Å². The predicted octanol–water partition coefficient (Wildman–Crippen LogP) is 2.95. The Morgan fingerprint density at radius 3 is 2.35 bits per heavy atom. The summed E-state index contributed by atoms with van der Waals surface area (Å²) in [5, 5.41) is 1.24. The first-order valence-electron chi connectivity index (χ1n) is 8.45. The number of carbonyl (C=O) groups is 2. The quantitative estimate of drug-likeness (QED) is 0.641. The number of carbonyl (C=O) groups excluding carboxylic acids is 2. The van der Waals surface area contributed by atoms with Gasteiger partial charge in [-0.15, -0.1) is 0 Å². The molecule has 134 valence electrons. The minimum atomic E-state index is -0.439. The zero-order chi connectivity index (χ0) is 18.5. The van der Waals surface area contributed by atoms with E-state index in [0.29, 0.717) is 36.0 Å². The molecule has 0 aromatic heterocycles. The molecule has 0 spiro atoms. The van der Waals surface area contributed by atoms with Crippen LogP contribution >= 0.6 is 0 Å². The zero-order valence-electron chi connectivity index (χ0n) is 14.7. The van der Waals surface area contributed by atoms with E-state index in [0.717, 1.165) is 0 Å². The summed E-state index contributed by atoms with van der Waals surface area (Å²) in [4.78, 5) is 24.9. The van der Waals surface area contributed by atoms with Crippen molar-refractivity contribution in [1.29, 1.82) is 0 Å². The number of anilines is 1. The molecular formula is C20H20N2O4. The number of para-hydroxylation sites is 1. The summed E-state index contributed by atoms with van der Waals surface area (Å²) in [5.74, 6) is 0.373. The van der Waals surface area contributed by atoms with Gasteiger partial charge in [0.05, 0.1) is 18.9 Å². The van der Waals surface area contributed by atoms with E-state index in [2.05, 4.69) is 5.43 Å². The summed E-state index contributed by atoms with van der Waals surface area (Å²) >= 11 is 0. The van der Waals surface area contributed by atoms with Gasteiger partial charge >= 0.3 is 0 Å². The van der Waals surface area contributed by atoms with Crippen LogP contribution < -0.4 is 19.9 Å². The summed E-state index contributed by atoms with van der Waals surface area (Å²) in [6.45, 7) is 4.78. The second-order valence-corrected chi connectivity index (χ2v) is 5.55. The molecule has 1 aliphatic heterocycles. The molecule has 0 atom stereocenters. The molecule has 2 aromatic rings. The molecule has 0 radical (unpaired) electrons. The Bertz CT molecular complexity index is 846. The molecule has 2 amide bonds. The molecule has 0 saturated carbocycles. The van der Waals surface area contributed by atoms with Gasteiger partial charge in [-0.2, -0.15) is 0 Å². The number of hydrazine groups is 1. The van der Waals surface area contributed by atoms with Crippen molar-refractivity contribution in [3.63, 3.8) is 0 Å². The monoisotopic (exact) mass is 352 g/mol. The van der Waals surface area contributed by atoms with Crippen LogP contribution in [0.25, 0.3) is 6.08 Å². The first-order valence-corrected chi connectivity index (χ1v) is 8.45. The Balaban J connectivity index is 1.90. The van der Waals surface area contributed by atoms with Crippen molar-refractivity contribution >= 4 is 23.6 Å². The van der Waals surface area contributed by atoms with Crippen LogP contribution in [0.15, 0.2) is 54.1 Å². The second-order valence-electron chi connectivity index (χ2n) is 5.55. The Hall–Kier alpha value is -3.28. The highest BCUT2D eigenvalue weighted by Crippen LogP contribution is 2.30. The standard InChI is InChI=1S/C20H20N2O4/c1-3-25-17-11-10-14(13-18(17)26-4-2)12-16-19(23)21-22(20(16)24)15-8-6-5-7-9-15/h5-13H,3-4H2,1-2H3,(H,21,23)/b16-12-. The molecule has 2 aromatic carbocycles. The molecular weight excluding hydrogens is 332 g/mol. The number of nitrogens with one attached hydrogen (secondary N) is 1. The average Bonchev–Trinajstić information content (AvgIpc) is 2.93. The fourth-order valence-electron chi connectivity index (χ4n) is 2.64. The van der Waals surface area contributed by atoms with Gasteiger partial charge < -0.3 is 9.47 Å². The highest BCUT2D eigenvalue weighted by atomic mass is 16.5. The van der Waals surface area contributed by atoms with Crippen molar-refractivity contribution in [3.05, 3.63) is 59.7 Å². The number of amides is 2. The van der Waals surface area contributed by atoms with E-state index in [1.54, 1.807) is 48.5 Å². The van der Waals surface area contributed by atoms with Gasteiger partial charge in [-0.1, -0.05) is 24.3 Å². The fourth-order valence-corrected chi connectivity index (χ4v) is 2.64. The number of hydrogen-bond acceptors (Lipinski definition) is 4. The molecule has 1 fully saturated rings. The van der Waals surface area contributed by atoms with Crippen molar-refractivity contribution in [1.82, 2.24) is 5.43 Å². The van der Waals surface area contributed by atoms with Crippen molar-refractivity contribution < 1.29 is 19.1 Å². The van der Waals surface area contributed by atoms with E-state index >= 15 is 0 Å². The molecule has 1 heterocycles. The van der Waals surface area contributed by atoms with E-state index < -0.39 is 11.8 Å². The van der Waals surface area contributed by atoms with Crippen molar-refractivity contribution in [2.24, 2.45) is 0 Å². The first-order chi connectivity index (χ1) is 12.6. The third kappa shape index (κ3) is 3.54. The minimum Gasteiger partial charge on any atom is -0.490 e. The maximum absolute atomic E-state index is 12.6. The lowest BCUT2D eigenvalue weighted by molar-refractivity contribution is -0.117. The molecule has 0 unspecified atom stereocenters. The lowest BCUT2D eigenvalue weighted by Gasteiger charge is -2.14. The largest absolute Gasteiger partial charge is 0.490 e. The SMILES string of the molecule is CCOc1ccc(/C=C2/C(=O)NN(c3ccccc3)C2=O)cc1OCC. The van der Waals surface area contributed by atoms with Gasteiger partial charge in [0.15, 0.2) is 11.5 Å². The summed E-state index contributed by atoms with van der Waals surface area (Å²) in [6.07, 6.45) is 1.55. The Labute approximate surface area is 152 Å². The average molecular weight is 352 g/mol.